The van der Waals surface area contributed by atoms with Gasteiger partial charge in [-0.1, -0.05) is 0 Å². The minimum atomic E-state index is 0.0102. The van der Waals surface area contributed by atoms with Gasteiger partial charge in [0, 0.05) is 62.9 Å². The predicted molar refractivity (Wildman–Crippen MR) is 152 cm³/mol. The van der Waals surface area contributed by atoms with Crippen molar-refractivity contribution in [1.29, 1.82) is 0 Å². The molecule has 0 unspecified atom stereocenters. The van der Waals surface area contributed by atoms with Gasteiger partial charge in [0.05, 0.1) is 11.4 Å². The SMILES string of the molecule is Cc1nc(N2CCc3c(c(C)nn3CC34CCC(NC(=O)CCN(C)C)(CC3)CC4)C2)c2c(n1)c(C)nn2C. The molecule has 0 saturated heterocycles. The predicted octanol–water partition coefficient (Wildman–Crippen LogP) is 3.21. The van der Waals surface area contributed by atoms with Gasteiger partial charge >= 0.3 is 0 Å². The molecular formula is C29H43N9O. The number of carbonyl (C=O) groups excluding carboxylic acids is 1. The number of fused-ring (bicyclic) bond motifs is 5. The maximum Gasteiger partial charge on any atom is 0.221 e. The summed E-state index contributed by atoms with van der Waals surface area (Å²) in [5.74, 6) is 1.96. The molecule has 0 radical (unpaired) electrons. The fourth-order valence-corrected chi connectivity index (χ4v) is 7.31. The molecule has 10 heteroatoms. The molecule has 2 bridgehead atoms. The Bertz CT molecular complexity index is 1390. The number of nitrogens with one attached hydrogen (secondary N) is 1. The van der Waals surface area contributed by atoms with Gasteiger partial charge in [0.1, 0.15) is 16.9 Å². The van der Waals surface area contributed by atoms with Crippen LogP contribution < -0.4 is 10.2 Å². The van der Waals surface area contributed by atoms with Gasteiger partial charge in [0.15, 0.2) is 5.82 Å². The normalized spacial score (nSPS) is 24.5. The summed E-state index contributed by atoms with van der Waals surface area (Å²) in [4.78, 5) is 26.6. The van der Waals surface area contributed by atoms with Crippen LogP contribution in [0.4, 0.5) is 5.82 Å². The Morgan fingerprint density at radius 1 is 1.00 bits per heavy atom. The molecule has 7 rings (SSSR count). The lowest BCUT2D eigenvalue weighted by Crippen LogP contribution is -2.57. The smallest absolute Gasteiger partial charge is 0.221 e. The second-order valence-corrected chi connectivity index (χ2v) is 12.7. The van der Waals surface area contributed by atoms with Crippen molar-refractivity contribution < 1.29 is 4.79 Å². The van der Waals surface area contributed by atoms with E-state index in [1.54, 1.807) is 0 Å². The Morgan fingerprint density at radius 3 is 2.41 bits per heavy atom. The number of amides is 1. The van der Waals surface area contributed by atoms with E-state index >= 15 is 0 Å². The Morgan fingerprint density at radius 2 is 1.72 bits per heavy atom. The van der Waals surface area contributed by atoms with E-state index in [1.165, 1.54) is 30.5 Å². The number of nitrogens with zero attached hydrogens (tertiary/aromatic N) is 8. The van der Waals surface area contributed by atoms with Crippen molar-refractivity contribution in [2.24, 2.45) is 12.5 Å². The van der Waals surface area contributed by atoms with Gasteiger partial charge < -0.3 is 15.1 Å². The van der Waals surface area contributed by atoms with Crippen molar-refractivity contribution in [2.75, 3.05) is 32.1 Å². The van der Waals surface area contributed by atoms with Crippen LogP contribution in [0.5, 0.6) is 0 Å². The molecule has 1 amide bonds. The van der Waals surface area contributed by atoms with Crippen molar-refractivity contribution in [2.45, 2.75) is 90.8 Å². The summed E-state index contributed by atoms with van der Waals surface area (Å²) < 4.78 is 4.26. The third kappa shape index (κ3) is 4.70. The van der Waals surface area contributed by atoms with Crippen molar-refractivity contribution in [3.8, 4) is 0 Å². The van der Waals surface area contributed by atoms with Crippen LogP contribution in [0.2, 0.25) is 0 Å². The molecule has 4 aliphatic rings. The lowest BCUT2D eigenvalue weighted by molar-refractivity contribution is -0.125. The number of hydrogen-bond acceptors (Lipinski definition) is 7. The Kier molecular flexibility index (Phi) is 6.44. The minimum absolute atomic E-state index is 0.0102. The number of aryl methyl sites for hydroxylation is 4. The largest absolute Gasteiger partial charge is 0.351 e. The molecule has 1 N–H and O–H groups in total. The summed E-state index contributed by atoms with van der Waals surface area (Å²) in [5, 5.41) is 13.2. The molecule has 3 aromatic heterocycles. The molecule has 4 heterocycles. The summed E-state index contributed by atoms with van der Waals surface area (Å²) in [6.45, 7) is 9.64. The summed E-state index contributed by atoms with van der Waals surface area (Å²) >= 11 is 0. The second kappa shape index (κ2) is 9.57. The number of hydrogen-bond donors (Lipinski definition) is 1. The monoisotopic (exact) mass is 533 g/mol. The number of aromatic nitrogens is 6. The molecule has 3 fully saturated rings. The highest BCUT2D eigenvalue weighted by Gasteiger charge is 2.49. The molecule has 210 valence electrons. The van der Waals surface area contributed by atoms with Gasteiger partial charge in [-0.25, -0.2) is 9.97 Å². The van der Waals surface area contributed by atoms with Crippen LogP contribution in [0.3, 0.4) is 0 Å². The van der Waals surface area contributed by atoms with Gasteiger partial charge in [0.25, 0.3) is 0 Å². The van der Waals surface area contributed by atoms with E-state index in [4.69, 9.17) is 10.1 Å². The highest BCUT2D eigenvalue weighted by Crippen LogP contribution is 2.53. The Labute approximate surface area is 231 Å². The molecule has 10 nitrogen and oxygen atoms in total. The Hall–Kier alpha value is -3.01. The molecule has 0 aromatic carbocycles. The average molecular weight is 534 g/mol. The molecule has 39 heavy (non-hydrogen) atoms. The standard InChI is InChI=1S/C29H43N9O/c1-19-22-17-37(27-26-25(30-21(3)31-27)20(2)33-36(26)6)16-7-23(22)38(34-19)18-28-9-12-29(13-10-28,14-11-28)32-24(39)8-15-35(4)5/h7-18H2,1-6H3,(H,32,39). The van der Waals surface area contributed by atoms with Crippen LogP contribution in [0.1, 0.15) is 73.4 Å². The van der Waals surface area contributed by atoms with Crippen LogP contribution in [0.15, 0.2) is 0 Å². The first-order chi connectivity index (χ1) is 18.6. The maximum atomic E-state index is 12.6. The minimum Gasteiger partial charge on any atom is -0.351 e. The highest BCUT2D eigenvalue weighted by atomic mass is 16.1. The molecule has 3 saturated carbocycles. The molecule has 0 atom stereocenters. The topological polar surface area (TPSA) is 97.0 Å². The first kappa shape index (κ1) is 26.2. The van der Waals surface area contributed by atoms with Gasteiger partial charge in [-0.15, -0.1) is 0 Å². The fourth-order valence-electron chi connectivity index (χ4n) is 7.31. The summed E-state index contributed by atoms with van der Waals surface area (Å²) in [6, 6.07) is 0. The van der Waals surface area contributed by atoms with E-state index in [0.29, 0.717) is 11.8 Å². The zero-order valence-electron chi connectivity index (χ0n) is 24.5. The van der Waals surface area contributed by atoms with Crippen LogP contribution in [0.25, 0.3) is 11.0 Å². The molecule has 3 aliphatic carbocycles. The summed E-state index contributed by atoms with van der Waals surface area (Å²) in [7, 11) is 6.02. The number of carbonyl (C=O) groups is 1. The van der Waals surface area contributed by atoms with Crippen LogP contribution in [0, 0.1) is 26.2 Å². The fraction of sp³-hybridized carbons (Fsp3) is 0.690. The molecular weight excluding hydrogens is 490 g/mol. The number of rotatable bonds is 7. The van der Waals surface area contributed by atoms with E-state index in [0.717, 1.165) is 85.9 Å². The van der Waals surface area contributed by atoms with Crippen molar-refractivity contribution in [3.63, 3.8) is 0 Å². The Balaban J connectivity index is 1.17. The van der Waals surface area contributed by atoms with Crippen LogP contribution in [-0.4, -0.2) is 73.1 Å². The third-order valence-electron chi connectivity index (χ3n) is 9.66. The van der Waals surface area contributed by atoms with E-state index in [9.17, 15) is 4.79 Å². The third-order valence-corrected chi connectivity index (χ3v) is 9.66. The van der Waals surface area contributed by atoms with Gasteiger partial charge in [-0.2, -0.15) is 10.2 Å². The van der Waals surface area contributed by atoms with Gasteiger partial charge in [-0.05, 0) is 78.8 Å². The van der Waals surface area contributed by atoms with E-state index in [1.807, 2.05) is 39.7 Å². The average Bonchev–Trinajstić information content (AvgIpc) is 3.37. The molecule has 0 spiro atoms. The van der Waals surface area contributed by atoms with E-state index in [2.05, 4.69) is 36.8 Å². The van der Waals surface area contributed by atoms with Crippen LogP contribution >= 0.6 is 0 Å². The quantitative estimate of drug-likeness (QED) is 0.498. The van der Waals surface area contributed by atoms with E-state index in [-0.39, 0.29) is 11.4 Å². The lowest BCUT2D eigenvalue weighted by Gasteiger charge is -2.53. The van der Waals surface area contributed by atoms with Crippen molar-refractivity contribution >= 4 is 22.8 Å². The first-order valence-electron chi connectivity index (χ1n) is 14.5. The highest BCUT2D eigenvalue weighted by molar-refractivity contribution is 5.88. The first-order valence-corrected chi connectivity index (χ1v) is 14.5. The molecule has 1 aliphatic heterocycles. The molecule has 3 aromatic rings. The maximum absolute atomic E-state index is 12.6. The van der Waals surface area contributed by atoms with Crippen LogP contribution in [-0.2, 0) is 31.4 Å². The number of anilines is 1. The zero-order valence-corrected chi connectivity index (χ0v) is 24.5. The summed E-state index contributed by atoms with van der Waals surface area (Å²) in [5.41, 5.74) is 7.05. The second-order valence-electron chi connectivity index (χ2n) is 12.7. The lowest BCUT2D eigenvalue weighted by atomic mass is 9.57. The van der Waals surface area contributed by atoms with Crippen molar-refractivity contribution in [1.82, 2.24) is 39.7 Å². The van der Waals surface area contributed by atoms with Crippen molar-refractivity contribution in [3.05, 3.63) is 28.5 Å². The van der Waals surface area contributed by atoms with Gasteiger partial charge in [-0.3, -0.25) is 14.2 Å². The zero-order chi connectivity index (χ0) is 27.5. The van der Waals surface area contributed by atoms with E-state index < -0.39 is 0 Å². The summed E-state index contributed by atoms with van der Waals surface area (Å²) in [6.07, 6.45) is 8.30. The van der Waals surface area contributed by atoms with Gasteiger partial charge in [0.2, 0.25) is 5.91 Å².